The number of rotatable bonds is 11. The van der Waals surface area contributed by atoms with E-state index in [0.29, 0.717) is 16.7 Å². The molecule has 1 aliphatic heterocycles. The van der Waals surface area contributed by atoms with E-state index >= 15 is 0 Å². The molecular formula is C24H32N5O7PS. The van der Waals surface area contributed by atoms with Crippen LogP contribution in [0.15, 0.2) is 43.0 Å². The van der Waals surface area contributed by atoms with E-state index in [2.05, 4.69) is 20.3 Å². The number of ether oxygens (including phenoxy) is 1. The van der Waals surface area contributed by atoms with Crippen LogP contribution >= 0.6 is 19.4 Å². The molecule has 0 bridgehead atoms. The Bertz CT molecular complexity index is 1280. The van der Waals surface area contributed by atoms with Crippen LogP contribution in [0.2, 0.25) is 0 Å². The number of hydrogen-bond acceptors (Lipinski definition) is 11. The fourth-order valence-electron chi connectivity index (χ4n) is 4.08. The molecule has 3 N–H and O–H groups in total. The summed E-state index contributed by atoms with van der Waals surface area (Å²) in [5.41, 5.74) is 1.09. The van der Waals surface area contributed by atoms with Crippen LogP contribution in [0, 0.1) is 0 Å². The zero-order valence-electron chi connectivity index (χ0n) is 21.5. The Morgan fingerprint density at radius 2 is 1.84 bits per heavy atom. The zero-order valence-corrected chi connectivity index (χ0v) is 23.2. The summed E-state index contributed by atoms with van der Waals surface area (Å²) in [5.74, 6) is -0.142. The standard InChI is InChI=1S/C24H32N5O7PS/c1-14(2)35-37(33,36-15(3)4)13-38-20-19(31)17(10-30)34-24(20)29-12-27-18-21(25-11-26-22(18)29)28-23(32)16-8-6-5-7-9-16/h5-9,11-12,14-15,17,19-20,24,30-31H,10,13H2,1-4H3,(H,25,26,28,32)/t17-,19-,20-,24-/m1/s1. The van der Waals surface area contributed by atoms with Crippen LogP contribution in [-0.4, -0.2) is 77.4 Å². The number of thioether (sulfide) groups is 1. The first kappa shape index (κ1) is 28.6. The van der Waals surface area contributed by atoms with E-state index in [-0.39, 0.29) is 29.4 Å². The summed E-state index contributed by atoms with van der Waals surface area (Å²) in [6, 6.07) is 8.70. The molecule has 1 amide bonds. The van der Waals surface area contributed by atoms with Gasteiger partial charge in [-0.2, -0.15) is 0 Å². The fraction of sp³-hybridized carbons (Fsp3) is 0.500. The molecule has 1 aliphatic rings. The summed E-state index contributed by atoms with van der Waals surface area (Å²) in [7, 11) is -3.51. The number of hydrogen-bond donors (Lipinski definition) is 3. The van der Waals surface area contributed by atoms with Gasteiger partial charge in [-0.25, -0.2) is 15.0 Å². The molecule has 3 heterocycles. The second-order valence-electron chi connectivity index (χ2n) is 9.28. The Morgan fingerprint density at radius 3 is 2.47 bits per heavy atom. The number of fused-ring (bicyclic) bond motifs is 1. The molecule has 1 fully saturated rings. The van der Waals surface area contributed by atoms with Crippen LogP contribution < -0.4 is 5.32 Å². The van der Waals surface area contributed by atoms with Crippen molar-refractivity contribution in [1.82, 2.24) is 19.5 Å². The van der Waals surface area contributed by atoms with Gasteiger partial charge in [0.05, 0.1) is 42.0 Å². The highest BCUT2D eigenvalue weighted by atomic mass is 32.2. The van der Waals surface area contributed by atoms with E-state index in [1.54, 1.807) is 56.5 Å². The Morgan fingerprint density at radius 1 is 1.16 bits per heavy atom. The van der Waals surface area contributed by atoms with E-state index in [1.807, 2.05) is 6.07 Å². The minimum absolute atomic E-state index is 0.0386. The highest BCUT2D eigenvalue weighted by Gasteiger charge is 2.46. The molecule has 1 saturated heterocycles. The third-order valence-electron chi connectivity index (χ3n) is 5.56. The van der Waals surface area contributed by atoms with Gasteiger partial charge in [-0.05, 0) is 39.8 Å². The quantitative estimate of drug-likeness (QED) is 0.293. The van der Waals surface area contributed by atoms with Crippen molar-refractivity contribution in [1.29, 1.82) is 0 Å². The van der Waals surface area contributed by atoms with Crippen molar-refractivity contribution in [3.05, 3.63) is 48.5 Å². The van der Waals surface area contributed by atoms with Gasteiger partial charge in [-0.15, -0.1) is 11.8 Å². The highest BCUT2D eigenvalue weighted by Crippen LogP contribution is 2.55. The lowest BCUT2D eigenvalue weighted by Crippen LogP contribution is -2.31. The number of carbonyl (C=O) groups excluding carboxylic acids is 1. The molecule has 4 atom stereocenters. The van der Waals surface area contributed by atoms with Crippen LogP contribution in [0.4, 0.5) is 5.82 Å². The van der Waals surface area contributed by atoms with E-state index in [1.165, 1.54) is 24.4 Å². The average Bonchev–Trinajstić information content (AvgIpc) is 3.43. The van der Waals surface area contributed by atoms with Crippen LogP contribution in [0.1, 0.15) is 44.3 Å². The lowest BCUT2D eigenvalue weighted by Gasteiger charge is -2.26. The highest BCUT2D eigenvalue weighted by molar-refractivity contribution is 8.05. The number of amides is 1. The molecular weight excluding hydrogens is 533 g/mol. The van der Waals surface area contributed by atoms with Gasteiger partial charge in [0.1, 0.15) is 12.4 Å². The summed E-state index contributed by atoms with van der Waals surface area (Å²) in [4.78, 5) is 25.6. The van der Waals surface area contributed by atoms with Gasteiger partial charge >= 0.3 is 7.60 Å². The summed E-state index contributed by atoms with van der Waals surface area (Å²) >= 11 is 1.17. The third kappa shape index (κ3) is 6.42. The second-order valence-corrected chi connectivity index (χ2v) is 12.8. The van der Waals surface area contributed by atoms with Gasteiger partial charge in [-0.3, -0.25) is 13.9 Å². The maximum Gasteiger partial charge on any atom is 0.340 e. The Labute approximate surface area is 224 Å². The first-order valence-corrected chi connectivity index (χ1v) is 15.0. The number of benzene rings is 1. The molecule has 1 aromatic carbocycles. The molecule has 2 aromatic heterocycles. The molecule has 12 nitrogen and oxygen atoms in total. The van der Waals surface area contributed by atoms with Gasteiger partial charge in [0.25, 0.3) is 5.91 Å². The minimum atomic E-state index is -3.51. The van der Waals surface area contributed by atoms with Gasteiger partial charge < -0.3 is 29.3 Å². The molecule has 3 aromatic rings. The predicted octanol–water partition coefficient (Wildman–Crippen LogP) is 3.43. The van der Waals surface area contributed by atoms with Crippen molar-refractivity contribution in [2.75, 3.05) is 17.4 Å². The monoisotopic (exact) mass is 565 g/mol. The van der Waals surface area contributed by atoms with E-state index in [0.717, 1.165) is 0 Å². The number of imidazole rings is 1. The largest absolute Gasteiger partial charge is 0.394 e. The van der Waals surface area contributed by atoms with Crippen LogP contribution in [0.25, 0.3) is 11.2 Å². The molecule has 0 radical (unpaired) electrons. The average molecular weight is 566 g/mol. The zero-order chi connectivity index (χ0) is 27.4. The number of aromatic nitrogens is 4. The maximum absolute atomic E-state index is 13.4. The summed E-state index contributed by atoms with van der Waals surface area (Å²) in [6.45, 7) is 6.65. The van der Waals surface area contributed by atoms with Crippen LogP contribution in [0.5, 0.6) is 0 Å². The molecule has 0 spiro atoms. The number of aliphatic hydroxyl groups excluding tert-OH is 2. The minimum Gasteiger partial charge on any atom is -0.394 e. The van der Waals surface area contributed by atoms with Crippen molar-refractivity contribution in [3.63, 3.8) is 0 Å². The van der Waals surface area contributed by atoms with Gasteiger partial charge in [0.15, 0.2) is 23.2 Å². The topological polar surface area (TPSA) is 158 Å². The predicted molar refractivity (Wildman–Crippen MR) is 143 cm³/mol. The van der Waals surface area contributed by atoms with Crippen molar-refractivity contribution in [2.45, 2.75) is 63.6 Å². The second kappa shape index (κ2) is 12.2. The molecule has 0 unspecified atom stereocenters. The summed E-state index contributed by atoms with van der Waals surface area (Å²) in [6.07, 6.45) is -0.689. The van der Waals surface area contributed by atoms with Crippen LogP contribution in [-0.2, 0) is 18.3 Å². The summed E-state index contributed by atoms with van der Waals surface area (Å²) < 4.78 is 32.3. The number of nitrogens with zero attached hydrogens (tertiary/aromatic N) is 4. The smallest absolute Gasteiger partial charge is 0.340 e. The summed E-state index contributed by atoms with van der Waals surface area (Å²) in [5, 5.41) is 22.8. The van der Waals surface area contributed by atoms with Gasteiger partial charge in [-0.1, -0.05) is 18.2 Å². The Hall–Kier alpha value is -2.38. The van der Waals surface area contributed by atoms with Crippen molar-refractivity contribution < 1.29 is 33.4 Å². The molecule has 14 heteroatoms. The lowest BCUT2D eigenvalue weighted by atomic mass is 10.2. The first-order chi connectivity index (χ1) is 18.1. The Balaban J connectivity index is 1.61. The number of carbonyl (C=O) groups is 1. The van der Waals surface area contributed by atoms with E-state index in [4.69, 9.17) is 13.8 Å². The van der Waals surface area contributed by atoms with E-state index in [9.17, 15) is 19.6 Å². The molecule has 38 heavy (non-hydrogen) atoms. The van der Waals surface area contributed by atoms with Crippen molar-refractivity contribution in [3.8, 4) is 0 Å². The SMILES string of the molecule is CC(C)OP(=O)(CS[C@@H]1[C@H](O)[C@@H](CO)O[C@H]1n1cnc2c(NC(=O)c3ccccc3)ncnc21)OC(C)C. The molecule has 0 saturated carbocycles. The number of anilines is 1. The lowest BCUT2D eigenvalue weighted by molar-refractivity contribution is -0.0430. The number of nitrogens with one attached hydrogen (secondary N) is 1. The van der Waals surface area contributed by atoms with Crippen molar-refractivity contribution in [2.24, 2.45) is 0 Å². The number of aliphatic hydroxyl groups is 2. The van der Waals surface area contributed by atoms with Crippen molar-refractivity contribution >= 4 is 42.2 Å². The third-order valence-corrected chi connectivity index (χ3v) is 9.80. The van der Waals surface area contributed by atoms with Gasteiger partial charge in [0.2, 0.25) is 0 Å². The fourth-order valence-corrected chi connectivity index (χ4v) is 8.05. The molecule has 4 rings (SSSR count). The molecule has 206 valence electrons. The van der Waals surface area contributed by atoms with E-state index < -0.39 is 37.9 Å². The first-order valence-electron chi connectivity index (χ1n) is 12.2. The normalized spacial score (nSPS) is 22.0. The maximum atomic E-state index is 13.4. The van der Waals surface area contributed by atoms with Gasteiger partial charge in [0, 0.05) is 5.56 Å². The van der Waals surface area contributed by atoms with Crippen LogP contribution in [0.3, 0.4) is 0 Å². The Kier molecular flexibility index (Phi) is 9.19. The molecule has 0 aliphatic carbocycles.